The number of hydrogen-bond donors (Lipinski definition) is 0. The molecule has 0 spiro atoms. The monoisotopic (exact) mass is 453 g/mol. The Hall–Kier alpha value is -0.227. The van der Waals surface area contributed by atoms with E-state index < -0.39 is 0 Å². The van der Waals surface area contributed by atoms with E-state index in [4.69, 9.17) is 0 Å². The summed E-state index contributed by atoms with van der Waals surface area (Å²) in [5.74, 6) is 0. The Kier molecular flexibility index (Phi) is 17.6. The van der Waals surface area contributed by atoms with Crippen LogP contribution in [0.4, 0.5) is 0 Å². The van der Waals surface area contributed by atoms with Crippen LogP contribution in [0, 0.1) is 24.8 Å². The van der Waals surface area contributed by atoms with Crippen molar-refractivity contribution in [1.29, 1.82) is 0 Å². The molecule has 0 fully saturated rings. The fourth-order valence-electron chi connectivity index (χ4n) is 2.23. The van der Waals surface area contributed by atoms with Crippen molar-refractivity contribution in [2.24, 2.45) is 5.41 Å². The summed E-state index contributed by atoms with van der Waals surface area (Å²) in [5.41, 5.74) is 3.11. The van der Waals surface area contributed by atoms with Gasteiger partial charge in [0, 0.05) is 0 Å². The van der Waals surface area contributed by atoms with E-state index in [0.717, 1.165) is 6.42 Å². The van der Waals surface area contributed by atoms with Crippen molar-refractivity contribution in [3.05, 3.63) is 72.2 Å². The second-order valence-corrected chi connectivity index (χ2v) is 6.64. The molecule has 2 aromatic carbocycles. The molecule has 0 radical (unpaired) electrons. The standard InChI is InChI=1S/C10H9.C9H13.C3H7.2ClH.Zr/c1-8-6-7-9-4-2-3-5-10(8)9;1-9(2,3)8-6-4-5-7-8;1-3-2;;;/h2-7H,1H3;6-7H,4H2,1-3H3;3H,1-2H3;2*1H;/q3*-1;;;+2/p-2. The molecule has 0 aromatic heterocycles. The molecule has 25 heavy (non-hydrogen) atoms. The molecule has 0 heterocycles. The smallest absolute Gasteiger partial charge is 1.00 e. The first-order valence-electron chi connectivity index (χ1n) is 8.02. The Morgan fingerprint density at radius 3 is 2.04 bits per heavy atom. The number of aryl methyl sites for hydroxylation is 1. The molecule has 138 valence electrons. The fourth-order valence-corrected chi connectivity index (χ4v) is 2.23. The predicted octanol–water partition coefficient (Wildman–Crippen LogP) is 0.825. The van der Waals surface area contributed by atoms with E-state index in [-0.39, 0.29) is 51.0 Å². The van der Waals surface area contributed by atoms with E-state index in [9.17, 15) is 0 Å². The van der Waals surface area contributed by atoms with Crippen molar-refractivity contribution in [2.45, 2.75) is 48.0 Å². The normalized spacial score (nSPS) is 11.5. The first kappa shape index (κ1) is 29.5. The molecule has 0 saturated carbocycles. The number of benzene rings is 1. The molecule has 0 nitrogen and oxygen atoms in total. The summed E-state index contributed by atoms with van der Waals surface area (Å²) < 4.78 is 0. The van der Waals surface area contributed by atoms with Gasteiger partial charge in [0.25, 0.3) is 0 Å². The van der Waals surface area contributed by atoms with Gasteiger partial charge in [-0.2, -0.15) is 37.1 Å². The molecular weight excluding hydrogens is 426 g/mol. The van der Waals surface area contributed by atoms with Gasteiger partial charge in [-0.05, 0) is 0 Å². The van der Waals surface area contributed by atoms with Gasteiger partial charge in [-0.1, -0.05) is 39.2 Å². The van der Waals surface area contributed by atoms with Crippen molar-refractivity contribution in [2.75, 3.05) is 0 Å². The Morgan fingerprint density at radius 2 is 1.64 bits per heavy atom. The first-order chi connectivity index (χ1) is 10.4. The molecule has 3 rings (SSSR count). The van der Waals surface area contributed by atoms with E-state index in [2.05, 4.69) is 82.3 Å². The second-order valence-electron chi connectivity index (χ2n) is 6.64. The Balaban J connectivity index is -0.000000305. The Bertz CT molecular complexity index is 631. The quantitative estimate of drug-likeness (QED) is 0.517. The number of fused-ring (bicyclic) bond motifs is 1. The molecular formula is C22H29Cl2Zr-3. The van der Waals surface area contributed by atoms with Crippen LogP contribution in [0.25, 0.3) is 10.8 Å². The molecule has 3 heteroatoms. The predicted molar refractivity (Wildman–Crippen MR) is 99.9 cm³/mol. The van der Waals surface area contributed by atoms with E-state index >= 15 is 0 Å². The molecule has 1 aliphatic carbocycles. The van der Waals surface area contributed by atoms with Crippen molar-refractivity contribution in [1.82, 2.24) is 0 Å². The van der Waals surface area contributed by atoms with E-state index in [1.54, 1.807) is 0 Å². The second kappa shape index (κ2) is 14.9. The summed E-state index contributed by atoms with van der Waals surface area (Å²) in [6.07, 6.45) is 10.5. The van der Waals surface area contributed by atoms with Gasteiger partial charge in [0.1, 0.15) is 0 Å². The van der Waals surface area contributed by atoms with Crippen LogP contribution in [-0.2, 0) is 26.2 Å². The topological polar surface area (TPSA) is 0 Å². The number of rotatable bonds is 0. The maximum Gasteiger partial charge on any atom is 2.00 e. The van der Waals surface area contributed by atoms with Gasteiger partial charge < -0.3 is 31.2 Å². The van der Waals surface area contributed by atoms with Crippen LogP contribution in [-0.4, -0.2) is 0 Å². The van der Waals surface area contributed by atoms with Gasteiger partial charge in [-0.15, -0.1) is 41.5 Å². The zero-order chi connectivity index (χ0) is 16.6. The van der Waals surface area contributed by atoms with E-state index in [1.165, 1.54) is 21.9 Å². The SMILES string of the molecule is CC(C)(C)C1=CC[C-]=C1.C[CH-]C.Cc1c[cH-]c2ccccc12.[Cl-].[Cl-].[Zr+2]. The van der Waals surface area contributed by atoms with Gasteiger partial charge in [0.2, 0.25) is 0 Å². The summed E-state index contributed by atoms with van der Waals surface area (Å²) >= 11 is 0. The number of halogens is 2. The van der Waals surface area contributed by atoms with E-state index in [0.29, 0.717) is 5.41 Å². The Labute approximate surface area is 186 Å². The van der Waals surface area contributed by atoms with Crippen LogP contribution in [0.3, 0.4) is 0 Å². The first-order valence-corrected chi connectivity index (χ1v) is 8.02. The van der Waals surface area contributed by atoms with Crippen molar-refractivity contribution >= 4 is 10.8 Å². The molecule has 2 aromatic rings. The average Bonchev–Trinajstić information content (AvgIpc) is 3.11. The average molecular weight is 456 g/mol. The van der Waals surface area contributed by atoms with Gasteiger partial charge in [-0.25, -0.2) is 6.08 Å². The fraction of sp³-hybridized carbons (Fsp3) is 0.364. The third-order valence-corrected chi connectivity index (χ3v) is 3.46. The third-order valence-electron chi connectivity index (χ3n) is 3.46. The van der Waals surface area contributed by atoms with Gasteiger partial charge in [-0.3, -0.25) is 6.08 Å². The molecule has 0 atom stereocenters. The maximum absolute atomic E-state index is 3.16. The summed E-state index contributed by atoms with van der Waals surface area (Å²) in [6.45, 7) is 12.8. The molecule has 0 unspecified atom stereocenters. The van der Waals surface area contributed by atoms with Crippen LogP contribution >= 0.6 is 0 Å². The molecule has 1 aliphatic rings. The maximum atomic E-state index is 3.16. The van der Waals surface area contributed by atoms with Crippen LogP contribution < -0.4 is 24.8 Å². The Morgan fingerprint density at radius 1 is 1.08 bits per heavy atom. The molecule has 0 bridgehead atoms. The van der Waals surface area contributed by atoms with Crippen molar-refractivity contribution in [3.8, 4) is 0 Å². The molecule has 0 aliphatic heterocycles. The third kappa shape index (κ3) is 10.5. The van der Waals surface area contributed by atoms with Crippen LogP contribution in [0.5, 0.6) is 0 Å². The van der Waals surface area contributed by atoms with E-state index in [1.807, 2.05) is 20.3 Å². The van der Waals surface area contributed by atoms with Crippen LogP contribution in [0.2, 0.25) is 0 Å². The minimum Gasteiger partial charge on any atom is -1.00 e. The van der Waals surface area contributed by atoms with Gasteiger partial charge >= 0.3 is 26.2 Å². The van der Waals surface area contributed by atoms with Crippen LogP contribution in [0.15, 0.2) is 54.1 Å². The van der Waals surface area contributed by atoms with Gasteiger partial charge in [0.15, 0.2) is 0 Å². The summed E-state index contributed by atoms with van der Waals surface area (Å²) in [7, 11) is 0. The largest absolute Gasteiger partial charge is 2.00 e. The number of hydrogen-bond acceptors (Lipinski definition) is 0. The van der Waals surface area contributed by atoms with Crippen LogP contribution in [0.1, 0.15) is 46.6 Å². The van der Waals surface area contributed by atoms with Crippen molar-refractivity contribution < 1.29 is 51.0 Å². The summed E-state index contributed by atoms with van der Waals surface area (Å²) in [4.78, 5) is 0. The summed E-state index contributed by atoms with van der Waals surface area (Å²) in [5, 5.41) is 2.72. The number of allylic oxidation sites excluding steroid dienone is 4. The van der Waals surface area contributed by atoms with Gasteiger partial charge in [0.05, 0.1) is 0 Å². The molecule has 0 saturated heterocycles. The molecule has 0 N–H and O–H groups in total. The summed E-state index contributed by atoms with van der Waals surface area (Å²) in [6, 6.07) is 12.8. The zero-order valence-corrected chi connectivity index (χ0v) is 20.1. The minimum absolute atomic E-state index is 0. The molecule has 0 amide bonds. The minimum atomic E-state index is 0. The zero-order valence-electron chi connectivity index (χ0n) is 16.2. The van der Waals surface area contributed by atoms with Crippen molar-refractivity contribution in [3.63, 3.8) is 0 Å².